The minimum atomic E-state index is -4.73. The van der Waals surface area contributed by atoms with E-state index in [-0.39, 0.29) is 16.8 Å². The van der Waals surface area contributed by atoms with Gasteiger partial charge in [-0.3, -0.25) is 14.8 Å². The second-order valence-electron chi connectivity index (χ2n) is 6.45. The zero-order valence-corrected chi connectivity index (χ0v) is 15.7. The van der Waals surface area contributed by atoms with Gasteiger partial charge in [-0.15, -0.1) is 0 Å². The third-order valence-corrected chi connectivity index (χ3v) is 4.40. The molecule has 1 aromatic carbocycles. The van der Waals surface area contributed by atoms with Gasteiger partial charge in [0, 0.05) is 12.4 Å². The van der Waals surface area contributed by atoms with Crippen molar-refractivity contribution in [2.24, 2.45) is 0 Å². The zero-order valence-electron chi connectivity index (χ0n) is 15.7. The smallest absolute Gasteiger partial charge is 0.418 e. The van der Waals surface area contributed by atoms with Crippen molar-refractivity contribution in [3.63, 3.8) is 0 Å². The van der Waals surface area contributed by atoms with Gasteiger partial charge in [0.1, 0.15) is 12.4 Å². The summed E-state index contributed by atoms with van der Waals surface area (Å²) in [4.78, 5) is 31.2. The molecule has 2 aromatic heterocycles. The molecule has 160 valence electrons. The zero-order chi connectivity index (χ0) is 22.6. The highest BCUT2D eigenvalue weighted by Gasteiger charge is 2.37. The van der Waals surface area contributed by atoms with Crippen LogP contribution in [-0.2, 0) is 12.9 Å². The first-order valence-electron chi connectivity index (χ1n) is 8.88. The highest BCUT2D eigenvalue weighted by molar-refractivity contribution is 5.94. The minimum absolute atomic E-state index is 0.154. The van der Waals surface area contributed by atoms with Crippen LogP contribution in [-0.4, -0.2) is 27.0 Å². The molecule has 1 atom stereocenters. The van der Waals surface area contributed by atoms with Gasteiger partial charge in [0.2, 0.25) is 0 Å². The van der Waals surface area contributed by atoms with Crippen LogP contribution in [0.2, 0.25) is 0 Å². The molecule has 10 heteroatoms. The number of alkyl halides is 4. The summed E-state index contributed by atoms with van der Waals surface area (Å²) in [6.07, 6.45) is -2.60. The fourth-order valence-corrected chi connectivity index (χ4v) is 2.86. The maximum Gasteiger partial charge on any atom is 0.418 e. The van der Waals surface area contributed by atoms with Gasteiger partial charge < -0.3 is 10.4 Å². The number of aromatic carboxylic acids is 1. The number of amides is 1. The molecule has 0 bridgehead atoms. The lowest BCUT2D eigenvalue weighted by atomic mass is 9.97. The summed E-state index contributed by atoms with van der Waals surface area (Å²) in [7, 11) is 0. The number of nitrogens with zero attached hydrogens (tertiary/aromatic N) is 2. The van der Waals surface area contributed by atoms with Crippen molar-refractivity contribution in [2.45, 2.75) is 18.9 Å². The number of carbonyl (C=O) groups is 2. The average Bonchev–Trinajstić information content (AvgIpc) is 2.77. The van der Waals surface area contributed by atoms with E-state index in [0.29, 0.717) is 5.56 Å². The Morgan fingerprint density at radius 3 is 2.29 bits per heavy atom. The van der Waals surface area contributed by atoms with E-state index >= 15 is 0 Å². The van der Waals surface area contributed by atoms with E-state index in [1.807, 2.05) is 0 Å². The molecule has 0 unspecified atom stereocenters. The SMILES string of the molecule is O=C(O)c1ccc(C(=O)N[C@@H](c2ccc(CF)cc2)c2ncccc2C(F)(F)F)nc1. The van der Waals surface area contributed by atoms with E-state index in [1.54, 1.807) is 0 Å². The van der Waals surface area contributed by atoms with Gasteiger partial charge in [-0.25, -0.2) is 9.18 Å². The van der Waals surface area contributed by atoms with Gasteiger partial charge in [0.15, 0.2) is 0 Å². The van der Waals surface area contributed by atoms with Gasteiger partial charge in [-0.1, -0.05) is 24.3 Å². The van der Waals surface area contributed by atoms with Crippen molar-refractivity contribution >= 4 is 11.9 Å². The summed E-state index contributed by atoms with van der Waals surface area (Å²) in [6, 6.07) is 8.53. The first-order chi connectivity index (χ1) is 14.7. The molecule has 0 aliphatic heterocycles. The van der Waals surface area contributed by atoms with Crippen LogP contribution in [0.1, 0.15) is 49.3 Å². The standard InChI is InChI=1S/C21H15F4N3O3/c22-10-12-3-5-13(6-4-12)17(18-15(21(23,24)25)2-1-9-26-18)28-19(29)16-8-7-14(11-27-16)20(30)31/h1-9,11,17H,10H2,(H,28,29)(H,30,31)/t17-/m0/s1. The summed E-state index contributed by atoms with van der Waals surface area (Å²) in [5.74, 6) is -2.08. The topological polar surface area (TPSA) is 92.2 Å². The van der Waals surface area contributed by atoms with E-state index in [0.717, 1.165) is 30.5 Å². The second-order valence-corrected chi connectivity index (χ2v) is 6.45. The molecule has 0 saturated heterocycles. The molecular weight excluding hydrogens is 418 g/mol. The lowest BCUT2D eigenvalue weighted by Crippen LogP contribution is -2.32. The molecule has 1 amide bonds. The number of halogens is 4. The Bertz CT molecular complexity index is 1080. The molecule has 3 aromatic rings. The summed E-state index contributed by atoms with van der Waals surface area (Å²) in [5.41, 5.74) is -1.27. The van der Waals surface area contributed by atoms with Crippen molar-refractivity contribution < 1.29 is 32.3 Å². The normalized spacial score (nSPS) is 12.3. The molecule has 0 saturated carbocycles. The van der Waals surface area contributed by atoms with Crippen LogP contribution in [0.3, 0.4) is 0 Å². The number of aromatic nitrogens is 2. The maximum atomic E-state index is 13.6. The van der Waals surface area contributed by atoms with Crippen molar-refractivity contribution in [1.29, 1.82) is 0 Å². The Kier molecular flexibility index (Phi) is 6.28. The summed E-state index contributed by atoms with van der Waals surface area (Å²) < 4.78 is 53.5. The van der Waals surface area contributed by atoms with Crippen LogP contribution < -0.4 is 5.32 Å². The summed E-state index contributed by atoms with van der Waals surface area (Å²) >= 11 is 0. The van der Waals surface area contributed by atoms with Crippen LogP contribution in [0, 0.1) is 0 Å². The molecule has 0 aliphatic carbocycles. The molecule has 3 rings (SSSR count). The number of carboxylic acids is 1. The quantitative estimate of drug-likeness (QED) is 0.569. The van der Waals surface area contributed by atoms with Gasteiger partial charge in [-0.05, 0) is 35.4 Å². The van der Waals surface area contributed by atoms with E-state index < -0.39 is 42.0 Å². The number of rotatable bonds is 6. The predicted octanol–water partition coefficient (Wildman–Crippen LogP) is 4.18. The first kappa shape index (κ1) is 21.9. The number of hydrogen-bond acceptors (Lipinski definition) is 4. The van der Waals surface area contributed by atoms with E-state index in [9.17, 15) is 27.2 Å². The molecule has 0 spiro atoms. The monoisotopic (exact) mass is 433 g/mol. The molecule has 6 nitrogen and oxygen atoms in total. The Hall–Kier alpha value is -3.82. The third-order valence-electron chi connectivity index (χ3n) is 4.40. The fourth-order valence-electron chi connectivity index (χ4n) is 2.86. The van der Waals surface area contributed by atoms with Crippen LogP contribution in [0.25, 0.3) is 0 Å². The van der Waals surface area contributed by atoms with Crippen molar-refractivity contribution in [3.05, 3.63) is 94.6 Å². The van der Waals surface area contributed by atoms with Gasteiger partial charge >= 0.3 is 12.1 Å². The first-order valence-corrected chi connectivity index (χ1v) is 8.88. The van der Waals surface area contributed by atoms with Crippen LogP contribution in [0.4, 0.5) is 17.6 Å². The number of carbonyl (C=O) groups excluding carboxylic acids is 1. The third kappa shape index (κ3) is 5.03. The van der Waals surface area contributed by atoms with Gasteiger partial charge in [0.05, 0.1) is 22.9 Å². The molecule has 31 heavy (non-hydrogen) atoms. The van der Waals surface area contributed by atoms with E-state index in [1.165, 1.54) is 30.5 Å². The number of pyridine rings is 2. The Morgan fingerprint density at radius 2 is 1.74 bits per heavy atom. The van der Waals surface area contributed by atoms with Gasteiger partial charge in [-0.2, -0.15) is 13.2 Å². The lowest BCUT2D eigenvalue weighted by molar-refractivity contribution is -0.138. The number of hydrogen-bond donors (Lipinski definition) is 2. The van der Waals surface area contributed by atoms with Crippen LogP contribution in [0.5, 0.6) is 0 Å². The molecule has 0 aliphatic rings. The summed E-state index contributed by atoms with van der Waals surface area (Å²) in [6.45, 7) is -0.755. The lowest BCUT2D eigenvalue weighted by Gasteiger charge is -2.22. The average molecular weight is 433 g/mol. The largest absolute Gasteiger partial charge is 0.478 e. The fraction of sp³-hybridized carbons (Fsp3) is 0.143. The second kappa shape index (κ2) is 8.90. The minimum Gasteiger partial charge on any atom is -0.478 e. The van der Waals surface area contributed by atoms with Crippen LogP contribution >= 0.6 is 0 Å². The highest BCUT2D eigenvalue weighted by Crippen LogP contribution is 2.35. The predicted molar refractivity (Wildman–Crippen MR) is 101 cm³/mol. The van der Waals surface area contributed by atoms with Crippen LogP contribution in [0.15, 0.2) is 60.9 Å². The number of benzene rings is 1. The van der Waals surface area contributed by atoms with Crippen molar-refractivity contribution in [3.8, 4) is 0 Å². The number of carboxylic acid groups (broad SMARTS) is 1. The molecular formula is C21H15F4N3O3. The van der Waals surface area contributed by atoms with Crippen molar-refractivity contribution in [1.82, 2.24) is 15.3 Å². The van der Waals surface area contributed by atoms with E-state index in [4.69, 9.17) is 5.11 Å². The number of nitrogens with one attached hydrogen (secondary N) is 1. The Morgan fingerprint density at radius 1 is 1.03 bits per heavy atom. The van der Waals surface area contributed by atoms with E-state index in [2.05, 4.69) is 15.3 Å². The Labute approximate surface area is 173 Å². The molecule has 2 N–H and O–H groups in total. The van der Waals surface area contributed by atoms with Gasteiger partial charge in [0.25, 0.3) is 5.91 Å². The Balaban J connectivity index is 2.02. The highest BCUT2D eigenvalue weighted by atomic mass is 19.4. The maximum absolute atomic E-state index is 13.6. The molecule has 2 heterocycles. The van der Waals surface area contributed by atoms with Crippen molar-refractivity contribution in [2.75, 3.05) is 0 Å². The molecule has 0 fully saturated rings. The molecule has 0 radical (unpaired) electrons. The summed E-state index contributed by atoms with van der Waals surface area (Å²) in [5, 5.41) is 11.4.